The van der Waals surface area contributed by atoms with Crippen LogP contribution in [0.25, 0.3) is 31.7 Å². The molecule has 2 aromatic heterocycles. The van der Waals surface area contributed by atoms with Crippen LogP contribution in [0.1, 0.15) is 5.56 Å². The highest BCUT2D eigenvalue weighted by Crippen LogP contribution is 2.33. The molecule has 0 bridgehead atoms. The van der Waals surface area contributed by atoms with E-state index in [0.29, 0.717) is 11.0 Å². The first-order valence-corrected chi connectivity index (χ1v) is 7.83. The van der Waals surface area contributed by atoms with E-state index in [1.165, 1.54) is 10.1 Å². The van der Waals surface area contributed by atoms with Gasteiger partial charge in [0.05, 0.1) is 10.4 Å². The minimum absolute atomic E-state index is 0.510. The zero-order chi connectivity index (χ0) is 14.4. The maximum atomic E-state index is 6.34. The van der Waals surface area contributed by atoms with Gasteiger partial charge in [-0.2, -0.15) is 0 Å². The third kappa shape index (κ3) is 2.19. The van der Waals surface area contributed by atoms with Gasteiger partial charge in [-0.05, 0) is 36.6 Å². The quantitative estimate of drug-likeness (QED) is 0.435. The number of fused-ring (bicyclic) bond motifs is 2. The molecule has 0 aliphatic heterocycles. The van der Waals surface area contributed by atoms with Crippen molar-refractivity contribution in [1.29, 1.82) is 0 Å². The lowest BCUT2D eigenvalue weighted by atomic mass is 10.2. The van der Waals surface area contributed by atoms with Crippen molar-refractivity contribution in [1.82, 2.24) is 9.97 Å². The molecule has 4 heteroatoms. The number of aryl methyl sites for hydroxylation is 1. The van der Waals surface area contributed by atoms with Gasteiger partial charge in [0.1, 0.15) is 5.15 Å². The van der Waals surface area contributed by atoms with Crippen LogP contribution < -0.4 is 0 Å². The molecule has 0 aliphatic rings. The lowest BCUT2D eigenvalue weighted by Crippen LogP contribution is -1.90. The van der Waals surface area contributed by atoms with Gasteiger partial charge < -0.3 is 0 Å². The molecule has 2 nitrogen and oxygen atoms in total. The van der Waals surface area contributed by atoms with Crippen molar-refractivity contribution >= 4 is 43.9 Å². The van der Waals surface area contributed by atoms with E-state index in [4.69, 9.17) is 11.6 Å². The van der Waals surface area contributed by atoms with Crippen molar-refractivity contribution in [2.75, 3.05) is 0 Å². The summed E-state index contributed by atoms with van der Waals surface area (Å²) >= 11 is 8.02. The van der Waals surface area contributed by atoms with Crippen molar-refractivity contribution in [3.05, 3.63) is 59.2 Å². The van der Waals surface area contributed by atoms with E-state index in [-0.39, 0.29) is 0 Å². The zero-order valence-corrected chi connectivity index (χ0v) is 12.9. The first-order valence-electron chi connectivity index (χ1n) is 6.63. The maximum absolute atomic E-state index is 6.34. The Balaban J connectivity index is 1.95. The van der Waals surface area contributed by atoms with Crippen LogP contribution in [-0.2, 0) is 0 Å². The molecule has 0 saturated carbocycles. The Morgan fingerprint density at radius 2 is 1.86 bits per heavy atom. The van der Waals surface area contributed by atoms with Crippen molar-refractivity contribution in [2.24, 2.45) is 0 Å². The maximum Gasteiger partial charge on any atom is 0.171 e. The Morgan fingerprint density at radius 1 is 1.00 bits per heavy atom. The average molecular weight is 311 g/mol. The summed E-state index contributed by atoms with van der Waals surface area (Å²) in [6, 6.07) is 16.5. The van der Waals surface area contributed by atoms with E-state index in [1.54, 1.807) is 11.3 Å². The van der Waals surface area contributed by atoms with Crippen LogP contribution in [0.15, 0.2) is 48.5 Å². The molecule has 0 fully saturated rings. The summed E-state index contributed by atoms with van der Waals surface area (Å²) < 4.78 is 1.23. The summed E-state index contributed by atoms with van der Waals surface area (Å²) in [4.78, 5) is 10.2. The van der Waals surface area contributed by atoms with Crippen LogP contribution in [0.5, 0.6) is 0 Å². The first-order chi connectivity index (χ1) is 10.2. The lowest BCUT2D eigenvalue weighted by Gasteiger charge is -2.03. The van der Waals surface area contributed by atoms with Gasteiger partial charge in [-0.15, -0.1) is 11.3 Å². The normalized spacial score (nSPS) is 11.3. The first kappa shape index (κ1) is 12.7. The molecule has 4 rings (SSSR count). The van der Waals surface area contributed by atoms with Crippen LogP contribution in [0.3, 0.4) is 0 Å². The van der Waals surface area contributed by atoms with Crippen molar-refractivity contribution in [2.45, 2.75) is 6.92 Å². The number of nitrogens with zero attached hydrogens (tertiary/aromatic N) is 2. The number of rotatable bonds is 1. The summed E-state index contributed by atoms with van der Waals surface area (Å²) in [6.07, 6.45) is 0. The molecule has 4 aromatic rings. The van der Waals surface area contributed by atoms with E-state index in [9.17, 15) is 0 Å². The SMILES string of the molecule is Cc1ccc2nc(-c3cc4ccccc4s3)nc(Cl)c2c1. The molecular weight excluding hydrogens is 300 g/mol. The monoisotopic (exact) mass is 310 g/mol. The van der Waals surface area contributed by atoms with Crippen LogP contribution in [-0.4, -0.2) is 9.97 Å². The molecular formula is C17H11ClN2S. The molecule has 102 valence electrons. The third-order valence-electron chi connectivity index (χ3n) is 3.45. The fourth-order valence-electron chi connectivity index (χ4n) is 2.41. The van der Waals surface area contributed by atoms with Crippen LogP contribution in [0.4, 0.5) is 0 Å². The van der Waals surface area contributed by atoms with Gasteiger partial charge in [0, 0.05) is 10.1 Å². The van der Waals surface area contributed by atoms with E-state index in [2.05, 4.69) is 28.2 Å². The number of hydrogen-bond donors (Lipinski definition) is 0. The van der Waals surface area contributed by atoms with Gasteiger partial charge in [0.2, 0.25) is 0 Å². The van der Waals surface area contributed by atoms with E-state index < -0.39 is 0 Å². The molecule has 0 N–H and O–H groups in total. The Labute approximate surface area is 131 Å². The molecule has 0 atom stereocenters. The number of benzene rings is 2. The molecule has 0 amide bonds. The van der Waals surface area contributed by atoms with Gasteiger partial charge >= 0.3 is 0 Å². The fourth-order valence-corrected chi connectivity index (χ4v) is 3.64. The second-order valence-corrected chi connectivity index (χ2v) is 6.45. The Hall–Kier alpha value is -1.97. The second kappa shape index (κ2) is 4.79. The zero-order valence-electron chi connectivity index (χ0n) is 11.3. The van der Waals surface area contributed by atoms with Crippen LogP contribution >= 0.6 is 22.9 Å². The number of thiophene rings is 1. The molecule has 0 aliphatic carbocycles. The smallest absolute Gasteiger partial charge is 0.171 e. The molecule has 0 spiro atoms. The number of halogens is 1. The molecule has 0 saturated heterocycles. The molecule has 2 aromatic carbocycles. The summed E-state index contributed by atoms with van der Waals surface area (Å²) in [7, 11) is 0. The van der Waals surface area contributed by atoms with Crippen molar-refractivity contribution in [3.8, 4) is 10.7 Å². The third-order valence-corrected chi connectivity index (χ3v) is 4.85. The number of hydrogen-bond acceptors (Lipinski definition) is 3. The Bertz CT molecular complexity index is 942. The van der Waals surface area contributed by atoms with Gasteiger partial charge in [0.15, 0.2) is 5.82 Å². The predicted molar refractivity (Wildman–Crippen MR) is 90.1 cm³/mol. The average Bonchev–Trinajstić information content (AvgIpc) is 2.92. The van der Waals surface area contributed by atoms with Gasteiger partial charge in [0.25, 0.3) is 0 Å². The Morgan fingerprint density at radius 3 is 2.71 bits per heavy atom. The van der Waals surface area contributed by atoms with Crippen LogP contribution in [0, 0.1) is 6.92 Å². The molecule has 0 radical (unpaired) electrons. The largest absolute Gasteiger partial charge is 0.227 e. The van der Waals surface area contributed by atoms with Gasteiger partial charge in [-0.3, -0.25) is 0 Å². The highest BCUT2D eigenvalue weighted by Gasteiger charge is 2.11. The van der Waals surface area contributed by atoms with Crippen LogP contribution in [0.2, 0.25) is 5.15 Å². The minimum Gasteiger partial charge on any atom is -0.227 e. The second-order valence-electron chi connectivity index (χ2n) is 5.01. The topological polar surface area (TPSA) is 25.8 Å². The van der Waals surface area contributed by atoms with Crippen molar-refractivity contribution < 1.29 is 0 Å². The van der Waals surface area contributed by atoms with Gasteiger partial charge in [-0.1, -0.05) is 41.4 Å². The van der Waals surface area contributed by atoms with Gasteiger partial charge in [-0.25, -0.2) is 9.97 Å². The van der Waals surface area contributed by atoms with E-state index in [0.717, 1.165) is 21.3 Å². The minimum atomic E-state index is 0.510. The summed E-state index contributed by atoms with van der Waals surface area (Å²) in [5.41, 5.74) is 2.04. The molecule has 21 heavy (non-hydrogen) atoms. The fraction of sp³-hybridized carbons (Fsp3) is 0.0588. The highest BCUT2D eigenvalue weighted by molar-refractivity contribution is 7.22. The predicted octanol–water partition coefficient (Wildman–Crippen LogP) is 5.47. The molecule has 2 heterocycles. The standard InChI is InChI=1S/C17H11ClN2S/c1-10-6-7-13-12(8-10)16(18)20-17(19-13)15-9-11-4-2-3-5-14(11)21-15/h2-9H,1H3. The highest BCUT2D eigenvalue weighted by atomic mass is 35.5. The van der Waals surface area contributed by atoms with E-state index in [1.807, 2.05) is 37.3 Å². The van der Waals surface area contributed by atoms with Crippen molar-refractivity contribution in [3.63, 3.8) is 0 Å². The summed E-state index contributed by atoms with van der Waals surface area (Å²) in [5.74, 6) is 0.692. The summed E-state index contributed by atoms with van der Waals surface area (Å²) in [5, 5.41) is 2.62. The molecule has 0 unspecified atom stereocenters. The summed E-state index contributed by atoms with van der Waals surface area (Å²) in [6.45, 7) is 2.04. The Kier molecular flexibility index (Phi) is 2.91. The van der Waals surface area contributed by atoms with E-state index >= 15 is 0 Å². The lowest BCUT2D eigenvalue weighted by molar-refractivity contribution is 1.24. The number of aromatic nitrogens is 2.